The predicted molar refractivity (Wildman–Crippen MR) is 91.9 cm³/mol. The van der Waals surface area contributed by atoms with E-state index in [0.29, 0.717) is 0 Å². The molecule has 20 heavy (non-hydrogen) atoms. The Kier molecular flexibility index (Phi) is 8.19. The maximum absolute atomic E-state index is 5.83. The van der Waals surface area contributed by atoms with Crippen LogP contribution in [0.5, 0.6) is 0 Å². The van der Waals surface area contributed by atoms with Gasteiger partial charge in [-0.1, -0.05) is 26.8 Å². The lowest BCUT2D eigenvalue weighted by atomic mass is 10.2. The van der Waals surface area contributed by atoms with Crippen molar-refractivity contribution in [2.75, 3.05) is 38.5 Å². The Morgan fingerprint density at radius 3 is 2.15 bits per heavy atom. The number of anilines is 1. The van der Waals surface area contributed by atoms with Gasteiger partial charge >= 0.3 is 0 Å². The lowest BCUT2D eigenvalue weighted by Gasteiger charge is -2.23. The number of benzene rings is 1. The second-order valence-electron chi connectivity index (χ2n) is 5.11. The van der Waals surface area contributed by atoms with Gasteiger partial charge in [0.1, 0.15) is 0 Å². The third-order valence-corrected chi connectivity index (χ3v) is 4.45. The van der Waals surface area contributed by atoms with Gasteiger partial charge in [-0.2, -0.15) is 0 Å². The Morgan fingerprint density at radius 1 is 1.00 bits per heavy atom. The van der Waals surface area contributed by atoms with E-state index in [0.717, 1.165) is 42.9 Å². The lowest BCUT2D eigenvalue weighted by Crippen LogP contribution is -2.29. The van der Waals surface area contributed by atoms with E-state index in [1.165, 1.54) is 18.5 Å². The number of nitrogens with two attached hydrogens (primary N) is 1. The Morgan fingerprint density at radius 2 is 1.60 bits per heavy atom. The fourth-order valence-electron chi connectivity index (χ4n) is 2.33. The zero-order valence-corrected chi connectivity index (χ0v) is 14.6. The van der Waals surface area contributed by atoms with Crippen molar-refractivity contribution < 1.29 is 0 Å². The summed E-state index contributed by atoms with van der Waals surface area (Å²) in [4.78, 5) is 4.97. The van der Waals surface area contributed by atoms with Crippen molar-refractivity contribution in [2.45, 2.75) is 33.7 Å². The molecule has 0 bridgehead atoms. The summed E-state index contributed by atoms with van der Waals surface area (Å²) in [5.41, 5.74) is 7.95. The number of nitrogen functional groups attached to an aromatic ring is 1. The lowest BCUT2D eigenvalue weighted by molar-refractivity contribution is 0.238. The summed E-state index contributed by atoms with van der Waals surface area (Å²) >= 11 is 3.50. The standard InChI is InChI=1S/C16H28BrN3/c1-4-19(5-2)10-7-11-20(6-3)13-14-8-9-16(18)15(17)12-14/h8-9,12H,4-7,10-11,13,18H2,1-3H3. The van der Waals surface area contributed by atoms with Crippen LogP contribution in [0, 0.1) is 0 Å². The van der Waals surface area contributed by atoms with Crippen molar-refractivity contribution in [3.63, 3.8) is 0 Å². The summed E-state index contributed by atoms with van der Waals surface area (Å²) in [5.74, 6) is 0. The van der Waals surface area contributed by atoms with Gasteiger partial charge in [-0.15, -0.1) is 0 Å². The van der Waals surface area contributed by atoms with Crippen LogP contribution in [-0.4, -0.2) is 42.5 Å². The Labute approximate surface area is 132 Å². The molecule has 4 heteroatoms. The van der Waals surface area contributed by atoms with Crippen LogP contribution in [0.15, 0.2) is 22.7 Å². The molecule has 0 heterocycles. The Balaban J connectivity index is 2.44. The quantitative estimate of drug-likeness (QED) is 0.696. The van der Waals surface area contributed by atoms with E-state index in [-0.39, 0.29) is 0 Å². The molecular formula is C16H28BrN3. The highest BCUT2D eigenvalue weighted by atomic mass is 79.9. The van der Waals surface area contributed by atoms with Gasteiger partial charge in [-0.25, -0.2) is 0 Å². The van der Waals surface area contributed by atoms with E-state index in [9.17, 15) is 0 Å². The number of nitrogens with zero attached hydrogens (tertiary/aromatic N) is 2. The summed E-state index contributed by atoms with van der Waals surface area (Å²) < 4.78 is 0.995. The molecule has 0 spiro atoms. The number of hydrogen-bond donors (Lipinski definition) is 1. The molecule has 114 valence electrons. The third-order valence-electron chi connectivity index (χ3n) is 3.76. The van der Waals surface area contributed by atoms with Crippen molar-refractivity contribution in [1.82, 2.24) is 9.80 Å². The molecule has 3 nitrogen and oxygen atoms in total. The van der Waals surface area contributed by atoms with Crippen LogP contribution in [0.2, 0.25) is 0 Å². The zero-order valence-electron chi connectivity index (χ0n) is 13.0. The summed E-state index contributed by atoms with van der Waals surface area (Å²) in [6.07, 6.45) is 1.23. The molecule has 0 aliphatic rings. The Bertz CT molecular complexity index is 391. The molecule has 1 aromatic carbocycles. The molecule has 0 radical (unpaired) electrons. The largest absolute Gasteiger partial charge is 0.398 e. The predicted octanol–water partition coefficient (Wildman–Crippen LogP) is 3.59. The van der Waals surface area contributed by atoms with Crippen molar-refractivity contribution >= 4 is 21.6 Å². The number of rotatable bonds is 9. The van der Waals surface area contributed by atoms with Gasteiger partial charge in [0.05, 0.1) is 0 Å². The molecule has 0 saturated heterocycles. The minimum atomic E-state index is 0.804. The molecular weight excluding hydrogens is 314 g/mol. The van der Waals surface area contributed by atoms with Gasteiger partial charge in [0.25, 0.3) is 0 Å². The highest BCUT2D eigenvalue weighted by Crippen LogP contribution is 2.21. The summed E-state index contributed by atoms with van der Waals surface area (Å²) in [6, 6.07) is 6.22. The molecule has 0 amide bonds. The minimum Gasteiger partial charge on any atom is -0.398 e. The third kappa shape index (κ3) is 5.81. The Hall–Kier alpha value is -0.580. The topological polar surface area (TPSA) is 32.5 Å². The highest BCUT2D eigenvalue weighted by Gasteiger charge is 2.06. The first-order valence-corrected chi connectivity index (χ1v) is 8.38. The molecule has 2 N–H and O–H groups in total. The molecule has 0 saturated carbocycles. The van der Waals surface area contributed by atoms with Gasteiger partial charge in [-0.05, 0) is 72.8 Å². The molecule has 0 fully saturated rings. The molecule has 0 aliphatic heterocycles. The zero-order chi connectivity index (χ0) is 15.0. The normalized spacial score (nSPS) is 11.5. The van der Waals surface area contributed by atoms with E-state index >= 15 is 0 Å². The molecule has 0 unspecified atom stereocenters. The van der Waals surface area contributed by atoms with Crippen LogP contribution < -0.4 is 5.73 Å². The number of halogens is 1. The fraction of sp³-hybridized carbons (Fsp3) is 0.625. The molecule has 0 atom stereocenters. The van der Waals surface area contributed by atoms with E-state index in [4.69, 9.17) is 5.73 Å². The van der Waals surface area contributed by atoms with Crippen LogP contribution in [0.25, 0.3) is 0 Å². The monoisotopic (exact) mass is 341 g/mol. The first kappa shape index (κ1) is 17.5. The number of hydrogen-bond acceptors (Lipinski definition) is 3. The van der Waals surface area contributed by atoms with Crippen molar-refractivity contribution in [3.05, 3.63) is 28.2 Å². The van der Waals surface area contributed by atoms with E-state index in [2.05, 4.69) is 58.6 Å². The SMILES string of the molecule is CCN(CC)CCCN(CC)Cc1ccc(N)c(Br)c1. The van der Waals surface area contributed by atoms with Gasteiger partial charge < -0.3 is 10.6 Å². The highest BCUT2D eigenvalue weighted by molar-refractivity contribution is 9.10. The van der Waals surface area contributed by atoms with Gasteiger partial charge in [0.2, 0.25) is 0 Å². The second kappa shape index (κ2) is 9.37. The average Bonchev–Trinajstić information content (AvgIpc) is 2.46. The van der Waals surface area contributed by atoms with Crippen molar-refractivity contribution in [2.24, 2.45) is 0 Å². The van der Waals surface area contributed by atoms with Gasteiger partial charge in [0, 0.05) is 16.7 Å². The molecule has 1 rings (SSSR count). The van der Waals surface area contributed by atoms with Crippen LogP contribution >= 0.6 is 15.9 Å². The minimum absolute atomic E-state index is 0.804. The van der Waals surface area contributed by atoms with E-state index < -0.39 is 0 Å². The summed E-state index contributed by atoms with van der Waals surface area (Å²) in [5, 5.41) is 0. The fourth-order valence-corrected chi connectivity index (χ4v) is 2.76. The maximum Gasteiger partial charge on any atom is 0.0458 e. The van der Waals surface area contributed by atoms with E-state index in [1.807, 2.05) is 6.07 Å². The molecule has 0 aromatic heterocycles. The van der Waals surface area contributed by atoms with Crippen LogP contribution in [0.1, 0.15) is 32.8 Å². The average molecular weight is 342 g/mol. The van der Waals surface area contributed by atoms with Crippen molar-refractivity contribution in [1.29, 1.82) is 0 Å². The van der Waals surface area contributed by atoms with Gasteiger partial charge in [-0.3, -0.25) is 4.90 Å². The van der Waals surface area contributed by atoms with Gasteiger partial charge in [0.15, 0.2) is 0 Å². The van der Waals surface area contributed by atoms with E-state index in [1.54, 1.807) is 0 Å². The molecule has 0 aliphatic carbocycles. The second-order valence-corrected chi connectivity index (χ2v) is 5.96. The van der Waals surface area contributed by atoms with Crippen LogP contribution in [0.3, 0.4) is 0 Å². The first-order valence-electron chi connectivity index (χ1n) is 7.59. The van der Waals surface area contributed by atoms with Crippen LogP contribution in [0.4, 0.5) is 5.69 Å². The summed E-state index contributed by atoms with van der Waals surface area (Å²) in [6.45, 7) is 13.4. The summed E-state index contributed by atoms with van der Waals surface area (Å²) in [7, 11) is 0. The first-order chi connectivity index (χ1) is 9.60. The molecule has 1 aromatic rings. The smallest absolute Gasteiger partial charge is 0.0458 e. The van der Waals surface area contributed by atoms with Crippen LogP contribution in [-0.2, 0) is 6.54 Å². The maximum atomic E-state index is 5.83. The van der Waals surface area contributed by atoms with Crippen molar-refractivity contribution in [3.8, 4) is 0 Å².